The molecule has 0 saturated carbocycles. The topological polar surface area (TPSA) is 40.5 Å². The summed E-state index contributed by atoms with van der Waals surface area (Å²) in [6, 6.07) is 3.63. The van der Waals surface area contributed by atoms with Gasteiger partial charge in [0.1, 0.15) is 0 Å². The van der Waals surface area contributed by atoms with Gasteiger partial charge < -0.3 is 10.0 Å². The largest absolute Gasteiger partial charge is 0.396 e. The van der Waals surface area contributed by atoms with Gasteiger partial charge in [-0.25, -0.2) is 8.78 Å². The minimum absolute atomic E-state index is 0.0843. The van der Waals surface area contributed by atoms with Gasteiger partial charge in [0.25, 0.3) is 5.91 Å². The second kappa shape index (κ2) is 6.10. The lowest BCUT2D eigenvalue weighted by Gasteiger charge is -2.32. The predicted molar refractivity (Wildman–Crippen MR) is 66.7 cm³/mol. The third-order valence-corrected chi connectivity index (χ3v) is 3.53. The Labute approximate surface area is 110 Å². The van der Waals surface area contributed by atoms with Gasteiger partial charge in [-0.05, 0) is 37.3 Å². The van der Waals surface area contributed by atoms with E-state index in [4.69, 9.17) is 5.11 Å². The number of hydrogen-bond donors (Lipinski definition) is 1. The van der Waals surface area contributed by atoms with E-state index in [9.17, 15) is 13.6 Å². The van der Waals surface area contributed by atoms with Crippen LogP contribution in [0.15, 0.2) is 18.2 Å². The third-order valence-electron chi connectivity index (χ3n) is 3.53. The molecule has 1 N–H and O–H groups in total. The summed E-state index contributed by atoms with van der Waals surface area (Å²) < 4.78 is 26.7. The quantitative estimate of drug-likeness (QED) is 0.914. The van der Waals surface area contributed by atoms with Crippen molar-refractivity contribution in [2.24, 2.45) is 5.92 Å². The van der Waals surface area contributed by atoms with Crippen LogP contribution in [0.1, 0.15) is 29.6 Å². The van der Waals surface area contributed by atoms with E-state index in [1.165, 1.54) is 12.1 Å². The van der Waals surface area contributed by atoms with Crippen molar-refractivity contribution >= 4 is 5.91 Å². The zero-order chi connectivity index (χ0) is 13.8. The Morgan fingerprint density at radius 3 is 2.95 bits per heavy atom. The maximum atomic E-state index is 13.6. The van der Waals surface area contributed by atoms with E-state index in [1.54, 1.807) is 4.90 Å². The fourth-order valence-corrected chi connectivity index (χ4v) is 2.51. The van der Waals surface area contributed by atoms with Crippen LogP contribution in [0.25, 0.3) is 0 Å². The Kier molecular flexibility index (Phi) is 4.47. The molecule has 19 heavy (non-hydrogen) atoms. The van der Waals surface area contributed by atoms with E-state index < -0.39 is 17.5 Å². The summed E-state index contributed by atoms with van der Waals surface area (Å²) in [4.78, 5) is 13.7. The van der Waals surface area contributed by atoms with E-state index in [1.807, 2.05) is 0 Å². The fourth-order valence-electron chi connectivity index (χ4n) is 2.51. The lowest BCUT2D eigenvalue weighted by atomic mass is 9.94. The summed E-state index contributed by atoms with van der Waals surface area (Å²) in [5.41, 5.74) is -0.218. The molecule has 104 valence electrons. The molecule has 1 unspecified atom stereocenters. The van der Waals surface area contributed by atoms with Gasteiger partial charge in [-0.2, -0.15) is 0 Å². The summed E-state index contributed by atoms with van der Waals surface area (Å²) in [5, 5.41) is 8.93. The van der Waals surface area contributed by atoms with Gasteiger partial charge in [0.15, 0.2) is 11.6 Å². The Balaban J connectivity index is 2.12. The van der Waals surface area contributed by atoms with E-state index in [0.717, 1.165) is 18.9 Å². The van der Waals surface area contributed by atoms with Gasteiger partial charge in [-0.15, -0.1) is 0 Å². The van der Waals surface area contributed by atoms with Crippen LogP contribution in [0.3, 0.4) is 0 Å². The lowest BCUT2D eigenvalue weighted by molar-refractivity contribution is 0.0648. The zero-order valence-corrected chi connectivity index (χ0v) is 10.6. The summed E-state index contributed by atoms with van der Waals surface area (Å²) >= 11 is 0. The molecule has 1 aromatic rings. The second-order valence-electron chi connectivity index (χ2n) is 4.87. The van der Waals surface area contributed by atoms with Crippen molar-refractivity contribution in [2.45, 2.75) is 19.3 Å². The highest BCUT2D eigenvalue weighted by Gasteiger charge is 2.26. The second-order valence-corrected chi connectivity index (χ2v) is 4.87. The van der Waals surface area contributed by atoms with Gasteiger partial charge in [-0.3, -0.25) is 4.79 Å². The van der Waals surface area contributed by atoms with E-state index >= 15 is 0 Å². The number of piperidine rings is 1. The first-order valence-electron chi connectivity index (χ1n) is 6.47. The van der Waals surface area contributed by atoms with Gasteiger partial charge in [-0.1, -0.05) is 6.07 Å². The van der Waals surface area contributed by atoms with Crippen LogP contribution in [-0.2, 0) is 0 Å². The first-order valence-corrected chi connectivity index (χ1v) is 6.47. The van der Waals surface area contributed by atoms with E-state index in [-0.39, 0.29) is 18.1 Å². The van der Waals surface area contributed by atoms with Crippen LogP contribution in [-0.4, -0.2) is 35.6 Å². The molecule has 0 radical (unpaired) electrons. The minimum Gasteiger partial charge on any atom is -0.396 e. The number of carbonyl (C=O) groups excluding carboxylic acids is 1. The monoisotopic (exact) mass is 269 g/mol. The molecule has 0 aromatic heterocycles. The first-order chi connectivity index (χ1) is 9.13. The highest BCUT2D eigenvalue weighted by Crippen LogP contribution is 2.22. The summed E-state index contributed by atoms with van der Waals surface area (Å²) in [7, 11) is 0. The summed E-state index contributed by atoms with van der Waals surface area (Å²) in [5.74, 6) is -2.33. The van der Waals surface area contributed by atoms with Crippen molar-refractivity contribution in [1.82, 2.24) is 4.90 Å². The van der Waals surface area contributed by atoms with Crippen LogP contribution in [0.2, 0.25) is 0 Å². The number of benzene rings is 1. The number of hydrogen-bond acceptors (Lipinski definition) is 2. The molecule has 1 heterocycles. The molecule has 2 rings (SSSR count). The average Bonchev–Trinajstić information content (AvgIpc) is 2.42. The number of likely N-dealkylation sites (tertiary alicyclic amines) is 1. The molecule has 1 fully saturated rings. The molecule has 1 aliphatic rings. The number of rotatable bonds is 3. The number of carbonyl (C=O) groups is 1. The molecule has 1 saturated heterocycles. The van der Waals surface area contributed by atoms with Crippen LogP contribution in [0.5, 0.6) is 0 Å². The number of aliphatic hydroxyl groups excluding tert-OH is 1. The van der Waals surface area contributed by atoms with Crippen molar-refractivity contribution in [3.63, 3.8) is 0 Å². The number of aliphatic hydroxyl groups is 1. The summed E-state index contributed by atoms with van der Waals surface area (Å²) in [6.07, 6.45) is 2.42. The van der Waals surface area contributed by atoms with Crippen molar-refractivity contribution in [1.29, 1.82) is 0 Å². The standard InChI is InChI=1S/C14H17F2NO2/c15-12-5-1-4-11(13(12)16)14(19)17-7-2-3-10(9-17)6-8-18/h1,4-5,10,18H,2-3,6-9H2. The lowest BCUT2D eigenvalue weighted by Crippen LogP contribution is -2.40. The van der Waals surface area contributed by atoms with Crippen LogP contribution >= 0.6 is 0 Å². The van der Waals surface area contributed by atoms with Gasteiger partial charge in [0, 0.05) is 19.7 Å². The normalized spacial score (nSPS) is 19.5. The zero-order valence-electron chi connectivity index (χ0n) is 10.6. The van der Waals surface area contributed by atoms with Crippen LogP contribution in [0.4, 0.5) is 8.78 Å². The van der Waals surface area contributed by atoms with Gasteiger partial charge in [0.05, 0.1) is 5.56 Å². The number of nitrogens with zero attached hydrogens (tertiary/aromatic N) is 1. The third kappa shape index (κ3) is 3.10. The highest BCUT2D eigenvalue weighted by molar-refractivity contribution is 5.94. The number of amides is 1. The maximum absolute atomic E-state index is 13.6. The molecule has 1 aliphatic heterocycles. The Morgan fingerprint density at radius 1 is 1.42 bits per heavy atom. The molecule has 0 bridgehead atoms. The molecular weight excluding hydrogens is 252 g/mol. The average molecular weight is 269 g/mol. The van der Waals surface area contributed by atoms with Crippen LogP contribution in [0, 0.1) is 17.6 Å². The molecule has 0 aliphatic carbocycles. The highest BCUT2D eigenvalue weighted by atomic mass is 19.2. The van der Waals surface area contributed by atoms with Gasteiger partial charge >= 0.3 is 0 Å². The maximum Gasteiger partial charge on any atom is 0.256 e. The van der Waals surface area contributed by atoms with Crippen molar-refractivity contribution in [2.75, 3.05) is 19.7 Å². The van der Waals surface area contributed by atoms with Crippen molar-refractivity contribution < 1.29 is 18.7 Å². The Bertz CT molecular complexity index is 463. The Morgan fingerprint density at radius 2 is 2.21 bits per heavy atom. The molecule has 0 spiro atoms. The molecule has 5 heteroatoms. The molecule has 1 aromatic carbocycles. The van der Waals surface area contributed by atoms with Crippen LogP contribution < -0.4 is 0 Å². The first kappa shape index (κ1) is 13.9. The molecule has 1 amide bonds. The van der Waals surface area contributed by atoms with E-state index in [2.05, 4.69) is 0 Å². The summed E-state index contributed by atoms with van der Waals surface area (Å²) in [6.45, 7) is 1.13. The molecule has 3 nitrogen and oxygen atoms in total. The minimum atomic E-state index is -1.09. The Hall–Kier alpha value is -1.49. The smallest absolute Gasteiger partial charge is 0.256 e. The SMILES string of the molecule is O=C(c1cccc(F)c1F)N1CCCC(CCO)C1. The molecular formula is C14H17F2NO2. The van der Waals surface area contributed by atoms with Gasteiger partial charge in [0.2, 0.25) is 0 Å². The number of halogens is 2. The van der Waals surface area contributed by atoms with Crippen molar-refractivity contribution in [3.05, 3.63) is 35.4 Å². The predicted octanol–water partition coefficient (Wildman–Crippen LogP) is 2.20. The van der Waals surface area contributed by atoms with E-state index in [0.29, 0.717) is 19.5 Å². The molecule has 1 atom stereocenters. The fraction of sp³-hybridized carbons (Fsp3) is 0.500. The van der Waals surface area contributed by atoms with Crippen molar-refractivity contribution in [3.8, 4) is 0 Å².